The Bertz CT molecular complexity index is 468. The van der Waals surface area contributed by atoms with Crippen molar-refractivity contribution >= 4 is 28.6 Å². The third kappa shape index (κ3) is 5.10. The first kappa shape index (κ1) is 16.5. The van der Waals surface area contributed by atoms with Crippen LogP contribution < -0.4 is 5.73 Å². The van der Waals surface area contributed by atoms with Crippen LogP contribution in [0.2, 0.25) is 0 Å². The summed E-state index contributed by atoms with van der Waals surface area (Å²) in [5.74, 6) is -0.181. The van der Waals surface area contributed by atoms with Crippen molar-refractivity contribution in [2.45, 2.75) is 23.3 Å². The summed E-state index contributed by atoms with van der Waals surface area (Å²) in [6, 6.07) is 6.40. The Labute approximate surface area is 138 Å². The number of nitrogens with two attached hydrogens (primary N) is 1. The molecule has 6 heteroatoms. The number of hydrogen-bond donors (Lipinski definition) is 1. The Balaban J connectivity index is 1.65. The second-order valence-electron chi connectivity index (χ2n) is 5.35. The van der Waals surface area contributed by atoms with E-state index in [2.05, 4.69) is 27.5 Å². The van der Waals surface area contributed by atoms with Gasteiger partial charge in [0.25, 0.3) is 0 Å². The van der Waals surface area contributed by atoms with Crippen LogP contribution in [0.1, 0.15) is 18.4 Å². The number of hydrogen-bond acceptors (Lipinski definition) is 2. The normalized spacial score (nSPS) is 19.7. The molecule has 0 aliphatic carbocycles. The Hall–Kier alpha value is -0.890. The van der Waals surface area contributed by atoms with Crippen molar-refractivity contribution in [3.63, 3.8) is 0 Å². The van der Waals surface area contributed by atoms with Crippen LogP contribution in [0.4, 0.5) is 9.18 Å². The van der Waals surface area contributed by atoms with E-state index in [0.717, 1.165) is 38.9 Å². The lowest BCUT2D eigenvalue weighted by Crippen LogP contribution is -2.54. The van der Waals surface area contributed by atoms with E-state index in [-0.39, 0.29) is 15.9 Å². The molecule has 2 rings (SSSR count). The molecule has 1 aliphatic heterocycles. The molecule has 1 fully saturated rings. The first-order chi connectivity index (χ1) is 10.1. The van der Waals surface area contributed by atoms with Gasteiger partial charge < -0.3 is 10.6 Å². The number of urea groups is 1. The van der Waals surface area contributed by atoms with Gasteiger partial charge in [0.1, 0.15) is 5.82 Å². The van der Waals surface area contributed by atoms with E-state index in [1.165, 1.54) is 17.7 Å². The highest BCUT2D eigenvalue weighted by atomic mass is 127. The van der Waals surface area contributed by atoms with E-state index < -0.39 is 0 Å². The molecule has 0 radical (unpaired) electrons. The SMILES string of the molecule is NC(=O)N1CCN(CCCCc2ccc(F)cc2)CC1I. The molecule has 2 N–H and O–H groups in total. The summed E-state index contributed by atoms with van der Waals surface area (Å²) in [6.07, 6.45) is 3.18. The van der Waals surface area contributed by atoms with Crippen molar-refractivity contribution in [2.75, 3.05) is 26.2 Å². The molecule has 21 heavy (non-hydrogen) atoms. The van der Waals surface area contributed by atoms with Gasteiger partial charge >= 0.3 is 6.03 Å². The first-order valence-electron chi connectivity index (χ1n) is 7.23. The summed E-state index contributed by atoms with van der Waals surface area (Å²) in [7, 11) is 0. The van der Waals surface area contributed by atoms with E-state index in [1.807, 2.05) is 12.1 Å². The fourth-order valence-electron chi connectivity index (χ4n) is 2.56. The van der Waals surface area contributed by atoms with E-state index in [1.54, 1.807) is 4.90 Å². The maximum Gasteiger partial charge on any atom is 0.315 e. The monoisotopic (exact) mass is 405 g/mol. The van der Waals surface area contributed by atoms with Gasteiger partial charge in [-0.2, -0.15) is 0 Å². The lowest BCUT2D eigenvalue weighted by Gasteiger charge is -2.37. The minimum atomic E-state index is -0.328. The zero-order valence-corrected chi connectivity index (χ0v) is 14.1. The van der Waals surface area contributed by atoms with Gasteiger partial charge in [0.2, 0.25) is 0 Å². The molecule has 1 aliphatic rings. The van der Waals surface area contributed by atoms with Crippen molar-refractivity contribution in [1.82, 2.24) is 9.80 Å². The zero-order valence-electron chi connectivity index (χ0n) is 12.0. The van der Waals surface area contributed by atoms with Gasteiger partial charge in [-0.25, -0.2) is 9.18 Å². The van der Waals surface area contributed by atoms with Gasteiger partial charge in [-0.3, -0.25) is 4.90 Å². The third-order valence-corrected chi connectivity index (χ3v) is 4.86. The van der Waals surface area contributed by atoms with Crippen LogP contribution in [0.5, 0.6) is 0 Å². The minimum absolute atomic E-state index is 0.158. The fraction of sp³-hybridized carbons (Fsp3) is 0.533. The molecule has 0 spiro atoms. The van der Waals surface area contributed by atoms with E-state index >= 15 is 0 Å². The number of rotatable bonds is 5. The smallest absolute Gasteiger partial charge is 0.315 e. The highest BCUT2D eigenvalue weighted by Gasteiger charge is 2.26. The third-order valence-electron chi connectivity index (χ3n) is 3.79. The molecule has 1 aromatic carbocycles. The van der Waals surface area contributed by atoms with Crippen molar-refractivity contribution in [1.29, 1.82) is 0 Å². The van der Waals surface area contributed by atoms with Crippen molar-refractivity contribution in [3.8, 4) is 0 Å². The highest BCUT2D eigenvalue weighted by molar-refractivity contribution is 14.1. The molecule has 116 valence electrons. The lowest BCUT2D eigenvalue weighted by molar-refractivity contribution is 0.137. The second-order valence-corrected chi connectivity index (χ2v) is 6.79. The summed E-state index contributed by atoms with van der Waals surface area (Å²) >= 11 is 2.27. The Morgan fingerprint density at radius 3 is 2.62 bits per heavy atom. The van der Waals surface area contributed by atoms with Crippen LogP contribution in [0.15, 0.2) is 24.3 Å². The molecule has 1 unspecified atom stereocenters. The van der Waals surface area contributed by atoms with Crippen LogP contribution in [0.25, 0.3) is 0 Å². The second kappa shape index (κ2) is 7.93. The Morgan fingerprint density at radius 1 is 1.29 bits per heavy atom. The first-order valence-corrected chi connectivity index (χ1v) is 8.48. The van der Waals surface area contributed by atoms with Crippen molar-refractivity contribution in [2.24, 2.45) is 5.73 Å². The van der Waals surface area contributed by atoms with Crippen molar-refractivity contribution < 1.29 is 9.18 Å². The summed E-state index contributed by atoms with van der Waals surface area (Å²) in [5, 5.41) is 0. The molecule has 4 nitrogen and oxygen atoms in total. The average Bonchev–Trinajstić information content (AvgIpc) is 2.45. The predicted molar refractivity (Wildman–Crippen MR) is 89.9 cm³/mol. The van der Waals surface area contributed by atoms with Crippen LogP contribution in [-0.2, 0) is 6.42 Å². The van der Waals surface area contributed by atoms with E-state index in [4.69, 9.17) is 5.73 Å². The van der Waals surface area contributed by atoms with E-state index in [9.17, 15) is 9.18 Å². The molecular formula is C15H21FIN3O. The van der Waals surface area contributed by atoms with Gasteiger partial charge in [0.15, 0.2) is 0 Å². The van der Waals surface area contributed by atoms with Crippen LogP contribution in [0, 0.1) is 5.82 Å². The molecule has 0 saturated carbocycles. The molecule has 0 aromatic heterocycles. The van der Waals surface area contributed by atoms with Gasteiger partial charge in [-0.1, -0.05) is 34.7 Å². The number of amides is 2. The average molecular weight is 405 g/mol. The summed E-state index contributed by atoms with van der Waals surface area (Å²) in [6.45, 7) is 3.51. The number of halogens is 2. The Kier molecular flexibility index (Phi) is 6.22. The van der Waals surface area contributed by atoms with Crippen molar-refractivity contribution in [3.05, 3.63) is 35.6 Å². The highest BCUT2D eigenvalue weighted by Crippen LogP contribution is 2.16. The minimum Gasteiger partial charge on any atom is -0.351 e. The molecular weight excluding hydrogens is 384 g/mol. The number of alkyl halides is 1. The lowest BCUT2D eigenvalue weighted by atomic mass is 10.1. The fourth-order valence-corrected chi connectivity index (χ4v) is 3.67. The summed E-state index contributed by atoms with van der Waals surface area (Å²) in [4.78, 5) is 15.3. The maximum atomic E-state index is 12.8. The number of primary amides is 1. The standard InChI is InChI=1S/C15H21FIN3O/c16-13-6-4-12(5-7-13)3-1-2-8-19-9-10-20(15(18)21)14(17)11-19/h4-7,14H,1-3,8-11H2,(H2,18,21). The molecule has 1 saturated heterocycles. The summed E-state index contributed by atoms with van der Waals surface area (Å²) < 4.78 is 13.0. The number of piperazine rings is 1. The largest absolute Gasteiger partial charge is 0.351 e. The quantitative estimate of drug-likeness (QED) is 0.355. The predicted octanol–water partition coefficient (Wildman–Crippen LogP) is 2.61. The van der Waals surface area contributed by atoms with Gasteiger partial charge in [0, 0.05) is 19.6 Å². The number of carbonyl (C=O) groups excluding carboxylic acids is 1. The van der Waals surface area contributed by atoms with Gasteiger partial charge in [0.05, 0.1) is 4.05 Å². The van der Waals surface area contributed by atoms with Crippen LogP contribution in [0.3, 0.4) is 0 Å². The number of carbonyl (C=O) groups is 1. The molecule has 1 atom stereocenters. The van der Waals surface area contributed by atoms with Gasteiger partial charge in [-0.15, -0.1) is 0 Å². The summed E-state index contributed by atoms with van der Waals surface area (Å²) in [5.41, 5.74) is 6.52. The maximum absolute atomic E-state index is 12.8. The topological polar surface area (TPSA) is 49.6 Å². The molecule has 1 heterocycles. The number of benzene rings is 1. The molecule has 0 bridgehead atoms. The molecule has 2 amide bonds. The Morgan fingerprint density at radius 2 is 2.00 bits per heavy atom. The zero-order chi connectivity index (χ0) is 15.2. The van der Waals surface area contributed by atoms with Crippen LogP contribution >= 0.6 is 22.6 Å². The van der Waals surface area contributed by atoms with Crippen LogP contribution in [-0.4, -0.2) is 46.1 Å². The van der Waals surface area contributed by atoms with Gasteiger partial charge in [-0.05, 0) is 43.5 Å². The molecule has 1 aromatic rings. The van der Waals surface area contributed by atoms with E-state index in [0.29, 0.717) is 6.54 Å². The number of unbranched alkanes of at least 4 members (excludes halogenated alkanes) is 1. The number of nitrogens with zero attached hydrogens (tertiary/aromatic N) is 2. The number of aryl methyl sites for hydroxylation is 1.